The molecular weight excluding hydrogens is 140 g/mol. The molecule has 0 radical (unpaired) electrons. The van der Waals surface area contributed by atoms with Crippen LogP contribution in [0.1, 0.15) is 12.8 Å². The lowest BCUT2D eigenvalue weighted by Crippen LogP contribution is -2.37. The van der Waals surface area contributed by atoms with Gasteiger partial charge >= 0.3 is 17.7 Å². The highest BCUT2D eigenvalue weighted by Gasteiger charge is 2.45. The molecule has 2 N–H and O–H groups in total. The molecule has 0 saturated carbocycles. The van der Waals surface area contributed by atoms with E-state index in [-0.39, 0.29) is 12.8 Å². The molecule has 5 nitrogen and oxygen atoms in total. The minimum absolute atomic E-state index is 0.0389. The Bertz CT molecular complexity index is 186. The Labute approximate surface area is 56.2 Å². The van der Waals surface area contributed by atoms with E-state index in [1.807, 2.05) is 0 Å². The van der Waals surface area contributed by atoms with Gasteiger partial charge in [0.2, 0.25) is 0 Å². The molecule has 1 rings (SSSR count). The van der Waals surface area contributed by atoms with E-state index < -0.39 is 17.7 Å². The summed E-state index contributed by atoms with van der Waals surface area (Å²) < 4.78 is 4.13. The highest BCUT2D eigenvalue weighted by molar-refractivity contribution is 5.83. The zero-order valence-corrected chi connectivity index (χ0v) is 5.03. The van der Waals surface area contributed by atoms with Crippen molar-refractivity contribution in [3.05, 3.63) is 0 Å². The van der Waals surface area contributed by atoms with Crippen LogP contribution in [0.2, 0.25) is 0 Å². The molecule has 0 aromatic rings. The number of rotatable bonds is 1. The van der Waals surface area contributed by atoms with Gasteiger partial charge in [0.05, 0.1) is 6.42 Å². The molecule has 0 spiro atoms. The first-order chi connectivity index (χ1) is 4.54. The average Bonchev–Trinajstić information content (AvgIpc) is 2.13. The van der Waals surface area contributed by atoms with Crippen molar-refractivity contribution in [3.8, 4) is 0 Å². The van der Waals surface area contributed by atoms with E-state index in [0.29, 0.717) is 0 Å². The number of aliphatic hydroxyl groups is 1. The second kappa shape index (κ2) is 1.95. The second-order valence-electron chi connectivity index (χ2n) is 2.06. The molecule has 10 heavy (non-hydrogen) atoms. The maximum Gasteiger partial charge on any atom is 0.377 e. The van der Waals surface area contributed by atoms with Crippen LogP contribution >= 0.6 is 0 Å². The van der Waals surface area contributed by atoms with Crippen molar-refractivity contribution in [1.82, 2.24) is 0 Å². The molecule has 1 heterocycles. The fourth-order valence-corrected chi connectivity index (χ4v) is 0.712. The molecule has 0 bridgehead atoms. The van der Waals surface area contributed by atoms with Crippen molar-refractivity contribution < 1.29 is 24.5 Å². The van der Waals surface area contributed by atoms with Crippen LogP contribution in [0.25, 0.3) is 0 Å². The van der Waals surface area contributed by atoms with E-state index in [2.05, 4.69) is 4.74 Å². The van der Waals surface area contributed by atoms with Crippen molar-refractivity contribution in [2.75, 3.05) is 0 Å². The number of hydrogen-bond donors (Lipinski definition) is 2. The van der Waals surface area contributed by atoms with Crippen LogP contribution in [-0.4, -0.2) is 27.9 Å². The predicted molar refractivity (Wildman–Crippen MR) is 27.9 cm³/mol. The molecule has 1 atom stereocenters. The maximum absolute atomic E-state index is 10.3. The molecule has 0 aromatic heterocycles. The Balaban J connectivity index is 2.72. The molecule has 0 aromatic carbocycles. The van der Waals surface area contributed by atoms with Crippen molar-refractivity contribution >= 4 is 11.9 Å². The van der Waals surface area contributed by atoms with Crippen molar-refractivity contribution in [2.45, 2.75) is 18.6 Å². The van der Waals surface area contributed by atoms with Gasteiger partial charge < -0.3 is 14.9 Å². The van der Waals surface area contributed by atoms with Crippen LogP contribution in [0.15, 0.2) is 0 Å². The molecule has 1 fully saturated rings. The van der Waals surface area contributed by atoms with Gasteiger partial charge in [-0.3, -0.25) is 4.79 Å². The van der Waals surface area contributed by atoms with Gasteiger partial charge in [-0.25, -0.2) is 4.79 Å². The number of esters is 1. The number of cyclic esters (lactones) is 1. The van der Waals surface area contributed by atoms with Gasteiger partial charge in [0.25, 0.3) is 0 Å². The molecule has 1 aliphatic heterocycles. The van der Waals surface area contributed by atoms with Crippen LogP contribution in [-0.2, 0) is 14.3 Å². The van der Waals surface area contributed by atoms with E-state index >= 15 is 0 Å². The summed E-state index contributed by atoms with van der Waals surface area (Å²) in [6.45, 7) is 0. The summed E-state index contributed by atoms with van der Waals surface area (Å²) in [5, 5.41) is 17.2. The summed E-state index contributed by atoms with van der Waals surface area (Å²) in [6.07, 6.45) is -0.204. The van der Waals surface area contributed by atoms with Gasteiger partial charge in [-0.05, 0) is 0 Å². The monoisotopic (exact) mass is 146 g/mol. The van der Waals surface area contributed by atoms with Crippen molar-refractivity contribution in [3.63, 3.8) is 0 Å². The molecule has 0 unspecified atom stereocenters. The Kier molecular flexibility index (Phi) is 1.37. The van der Waals surface area contributed by atoms with Gasteiger partial charge in [-0.15, -0.1) is 0 Å². The summed E-state index contributed by atoms with van der Waals surface area (Å²) in [5.74, 6) is -4.46. The van der Waals surface area contributed by atoms with E-state index in [1.54, 1.807) is 0 Å². The Morgan fingerprint density at radius 3 is 2.50 bits per heavy atom. The Hall–Kier alpha value is -1.10. The van der Waals surface area contributed by atoms with Gasteiger partial charge in [0.1, 0.15) is 0 Å². The van der Waals surface area contributed by atoms with Gasteiger partial charge in [-0.2, -0.15) is 0 Å². The third kappa shape index (κ3) is 0.950. The van der Waals surface area contributed by atoms with E-state index in [0.717, 1.165) is 0 Å². The van der Waals surface area contributed by atoms with Crippen molar-refractivity contribution in [2.24, 2.45) is 0 Å². The van der Waals surface area contributed by atoms with Crippen molar-refractivity contribution in [1.29, 1.82) is 0 Å². The minimum Gasteiger partial charge on any atom is -0.476 e. The molecule has 1 saturated heterocycles. The topological polar surface area (TPSA) is 83.8 Å². The van der Waals surface area contributed by atoms with Crippen LogP contribution in [0.5, 0.6) is 0 Å². The highest BCUT2D eigenvalue weighted by atomic mass is 16.7. The molecular formula is C5H6O5. The number of carbonyl (C=O) groups excluding carboxylic acids is 1. The van der Waals surface area contributed by atoms with Gasteiger partial charge in [0.15, 0.2) is 0 Å². The van der Waals surface area contributed by atoms with Gasteiger partial charge in [-0.1, -0.05) is 0 Å². The third-order valence-electron chi connectivity index (χ3n) is 1.28. The van der Waals surface area contributed by atoms with Crippen LogP contribution in [0.3, 0.4) is 0 Å². The van der Waals surface area contributed by atoms with Crippen LogP contribution in [0.4, 0.5) is 0 Å². The SMILES string of the molecule is O=C1CC[C@@](O)(C(=O)O)O1. The first kappa shape index (κ1) is 7.01. The first-order valence-electron chi connectivity index (χ1n) is 2.72. The summed E-state index contributed by atoms with van der Waals surface area (Å²) in [7, 11) is 0. The quantitative estimate of drug-likeness (QED) is 0.468. The molecule has 5 heteroatoms. The second-order valence-corrected chi connectivity index (χ2v) is 2.06. The fraction of sp³-hybridized carbons (Fsp3) is 0.600. The minimum atomic E-state index is -2.27. The maximum atomic E-state index is 10.3. The summed E-state index contributed by atoms with van der Waals surface area (Å²) in [6, 6.07) is 0. The molecule has 0 amide bonds. The highest BCUT2D eigenvalue weighted by Crippen LogP contribution is 2.23. The van der Waals surface area contributed by atoms with Crippen LogP contribution < -0.4 is 0 Å². The van der Waals surface area contributed by atoms with Gasteiger partial charge in [0, 0.05) is 6.42 Å². The third-order valence-corrected chi connectivity index (χ3v) is 1.28. The van der Waals surface area contributed by atoms with Crippen LogP contribution in [0, 0.1) is 0 Å². The lowest BCUT2D eigenvalue weighted by molar-refractivity contribution is -0.209. The summed E-state index contributed by atoms with van der Waals surface area (Å²) in [4.78, 5) is 20.5. The lowest BCUT2D eigenvalue weighted by atomic mass is 10.2. The van der Waals surface area contributed by atoms with E-state index in [1.165, 1.54) is 0 Å². The normalized spacial score (nSPS) is 31.9. The lowest BCUT2D eigenvalue weighted by Gasteiger charge is -2.13. The standard InChI is InChI=1S/C5H6O5/c6-3-1-2-5(9,10-3)4(7)8/h9H,1-2H2,(H,7,8)/t5-/m0/s1. The summed E-state index contributed by atoms with van der Waals surface area (Å²) in [5.41, 5.74) is 0. The Morgan fingerprint density at radius 1 is 1.70 bits per heavy atom. The predicted octanol–water partition coefficient (Wildman–Crippen LogP) is -0.903. The zero-order chi connectivity index (χ0) is 7.78. The zero-order valence-electron chi connectivity index (χ0n) is 5.03. The molecule has 0 aliphatic carbocycles. The largest absolute Gasteiger partial charge is 0.476 e. The Morgan fingerprint density at radius 2 is 2.30 bits per heavy atom. The van der Waals surface area contributed by atoms with E-state index in [4.69, 9.17) is 10.2 Å². The summed E-state index contributed by atoms with van der Waals surface area (Å²) >= 11 is 0. The molecule has 56 valence electrons. The number of carbonyl (C=O) groups is 2. The average molecular weight is 146 g/mol. The number of hydrogen-bond acceptors (Lipinski definition) is 4. The number of carboxylic acid groups (broad SMARTS) is 1. The number of aliphatic carboxylic acids is 1. The first-order valence-corrected chi connectivity index (χ1v) is 2.72. The van der Waals surface area contributed by atoms with E-state index in [9.17, 15) is 9.59 Å². The smallest absolute Gasteiger partial charge is 0.377 e. The molecule has 1 aliphatic rings. The number of carboxylic acids is 1. The fourth-order valence-electron chi connectivity index (χ4n) is 0.712. The number of ether oxygens (including phenoxy) is 1.